The van der Waals surface area contributed by atoms with Crippen molar-refractivity contribution in [2.45, 2.75) is 13.5 Å². The maximum Gasteiger partial charge on any atom is 0.241 e. The van der Waals surface area contributed by atoms with Gasteiger partial charge in [0.25, 0.3) is 0 Å². The van der Waals surface area contributed by atoms with Gasteiger partial charge in [-0.25, -0.2) is 0 Å². The zero-order valence-corrected chi connectivity index (χ0v) is 12.8. The zero-order chi connectivity index (χ0) is 15.4. The molecule has 1 heterocycles. The summed E-state index contributed by atoms with van der Waals surface area (Å²) in [5.41, 5.74) is 2.10. The highest BCUT2D eigenvalue weighted by Gasteiger charge is 2.13. The number of likely N-dealkylation sites (N-methyl/N-ethyl adjacent to an activating group) is 2. The van der Waals surface area contributed by atoms with Gasteiger partial charge in [-0.1, -0.05) is 35.0 Å². The average molecular weight is 288 g/mol. The molecule has 0 aliphatic carbocycles. The van der Waals surface area contributed by atoms with Crippen LogP contribution < -0.4 is 0 Å². The molecule has 21 heavy (non-hydrogen) atoms. The Morgan fingerprint density at radius 2 is 1.86 bits per heavy atom. The van der Waals surface area contributed by atoms with Crippen LogP contribution in [0.1, 0.15) is 11.5 Å². The van der Waals surface area contributed by atoms with Crippen LogP contribution >= 0.6 is 0 Å². The Balaban J connectivity index is 2.00. The summed E-state index contributed by atoms with van der Waals surface area (Å²) in [7, 11) is 5.31. The molecule has 0 spiro atoms. The van der Waals surface area contributed by atoms with Gasteiger partial charge in [-0.05, 0) is 14.0 Å². The van der Waals surface area contributed by atoms with Gasteiger partial charge in [0.05, 0.1) is 13.1 Å². The summed E-state index contributed by atoms with van der Waals surface area (Å²) < 4.78 is 5.23. The maximum absolute atomic E-state index is 11.6. The standard InChI is InChI=1S/C15H20N4O2/c1-11-5-7-12(8-6-11)15-16-13(21-17-15)9-19(4)10-14(20)18(2)3/h5-8H,9-10H2,1-4H3. The van der Waals surface area contributed by atoms with E-state index < -0.39 is 0 Å². The van der Waals surface area contributed by atoms with E-state index in [0.717, 1.165) is 5.56 Å². The van der Waals surface area contributed by atoms with Gasteiger partial charge in [0, 0.05) is 19.7 Å². The lowest BCUT2D eigenvalue weighted by molar-refractivity contribution is -0.129. The van der Waals surface area contributed by atoms with E-state index in [1.165, 1.54) is 5.56 Å². The Labute approximate surface area is 124 Å². The van der Waals surface area contributed by atoms with Crippen LogP contribution in [0.15, 0.2) is 28.8 Å². The van der Waals surface area contributed by atoms with Gasteiger partial charge in [0.15, 0.2) is 0 Å². The van der Waals surface area contributed by atoms with Crippen LogP contribution in [0, 0.1) is 6.92 Å². The summed E-state index contributed by atoms with van der Waals surface area (Å²) in [6.07, 6.45) is 0. The van der Waals surface area contributed by atoms with E-state index in [1.54, 1.807) is 19.0 Å². The molecule has 0 radical (unpaired) electrons. The number of amides is 1. The van der Waals surface area contributed by atoms with Crippen molar-refractivity contribution in [2.24, 2.45) is 0 Å². The predicted octanol–water partition coefficient (Wildman–Crippen LogP) is 1.57. The van der Waals surface area contributed by atoms with Crippen LogP contribution in [-0.2, 0) is 11.3 Å². The summed E-state index contributed by atoms with van der Waals surface area (Å²) in [5.74, 6) is 1.10. The first kappa shape index (κ1) is 15.2. The quantitative estimate of drug-likeness (QED) is 0.835. The van der Waals surface area contributed by atoms with Gasteiger partial charge in [-0.3, -0.25) is 9.69 Å². The van der Waals surface area contributed by atoms with Crippen LogP contribution in [0.5, 0.6) is 0 Å². The fourth-order valence-electron chi connectivity index (χ4n) is 1.80. The van der Waals surface area contributed by atoms with Crippen molar-refractivity contribution in [1.82, 2.24) is 19.9 Å². The van der Waals surface area contributed by atoms with Crippen molar-refractivity contribution < 1.29 is 9.32 Å². The lowest BCUT2D eigenvalue weighted by atomic mass is 10.1. The summed E-state index contributed by atoms with van der Waals surface area (Å²) >= 11 is 0. The lowest BCUT2D eigenvalue weighted by Crippen LogP contribution is -2.34. The van der Waals surface area contributed by atoms with E-state index in [-0.39, 0.29) is 5.91 Å². The number of hydrogen-bond donors (Lipinski definition) is 0. The molecule has 0 saturated heterocycles. The summed E-state index contributed by atoms with van der Waals surface area (Å²) in [4.78, 5) is 19.4. The van der Waals surface area contributed by atoms with Gasteiger partial charge < -0.3 is 9.42 Å². The first-order valence-electron chi connectivity index (χ1n) is 6.74. The second-order valence-corrected chi connectivity index (χ2v) is 5.34. The Kier molecular flexibility index (Phi) is 4.70. The highest BCUT2D eigenvalue weighted by Crippen LogP contribution is 2.16. The molecule has 1 aromatic carbocycles. The van der Waals surface area contributed by atoms with E-state index in [4.69, 9.17) is 4.52 Å². The van der Waals surface area contributed by atoms with Crippen molar-refractivity contribution in [3.8, 4) is 11.4 Å². The third-order valence-corrected chi connectivity index (χ3v) is 3.09. The Bertz CT molecular complexity index is 604. The van der Waals surface area contributed by atoms with Gasteiger partial charge in [0.1, 0.15) is 0 Å². The van der Waals surface area contributed by atoms with Gasteiger partial charge >= 0.3 is 0 Å². The monoisotopic (exact) mass is 288 g/mol. The van der Waals surface area contributed by atoms with Crippen LogP contribution in [0.4, 0.5) is 0 Å². The van der Waals surface area contributed by atoms with Crippen LogP contribution in [-0.4, -0.2) is 53.5 Å². The number of carbonyl (C=O) groups excluding carboxylic acids is 1. The summed E-state index contributed by atoms with van der Waals surface area (Å²) in [6, 6.07) is 7.94. The van der Waals surface area contributed by atoms with E-state index in [9.17, 15) is 4.79 Å². The van der Waals surface area contributed by atoms with E-state index in [2.05, 4.69) is 10.1 Å². The normalized spacial score (nSPS) is 10.9. The first-order chi connectivity index (χ1) is 9.95. The minimum atomic E-state index is 0.0378. The summed E-state index contributed by atoms with van der Waals surface area (Å²) in [6.45, 7) is 2.79. The minimum Gasteiger partial charge on any atom is -0.348 e. The highest BCUT2D eigenvalue weighted by molar-refractivity contribution is 5.77. The molecule has 0 atom stereocenters. The third-order valence-electron chi connectivity index (χ3n) is 3.09. The molecule has 0 unspecified atom stereocenters. The van der Waals surface area contributed by atoms with Crippen LogP contribution in [0.25, 0.3) is 11.4 Å². The largest absolute Gasteiger partial charge is 0.348 e. The van der Waals surface area contributed by atoms with Gasteiger partial charge in [-0.2, -0.15) is 4.98 Å². The molecule has 0 aliphatic rings. The molecule has 6 nitrogen and oxygen atoms in total. The number of benzene rings is 1. The highest BCUT2D eigenvalue weighted by atomic mass is 16.5. The summed E-state index contributed by atoms with van der Waals surface area (Å²) in [5, 5.41) is 3.98. The fourth-order valence-corrected chi connectivity index (χ4v) is 1.80. The molecule has 0 aliphatic heterocycles. The Morgan fingerprint density at radius 1 is 1.19 bits per heavy atom. The number of aromatic nitrogens is 2. The molecule has 2 aromatic rings. The van der Waals surface area contributed by atoms with Crippen LogP contribution in [0.3, 0.4) is 0 Å². The SMILES string of the molecule is Cc1ccc(-c2noc(CN(C)CC(=O)N(C)C)n2)cc1. The Hall–Kier alpha value is -2.21. The van der Waals surface area contributed by atoms with Crippen molar-refractivity contribution >= 4 is 5.91 Å². The fraction of sp³-hybridized carbons (Fsp3) is 0.400. The number of rotatable bonds is 5. The molecular formula is C15H20N4O2. The maximum atomic E-state index is 11.6. The van der Waals surface area contributed by atoms with Crippen molar-refractivity contribution in [1.29, 1.82) is 0 Å². The zero-order valence-electron chi connectivity index (χ0n) is 12.8. The van der Waals surface area contributed by atoms with Gasteiger partial charge in [-0.15, -0.1) is 0 Å². The number of carbonyl (C=O) groups is 1. The lowest BCUT2D eigenvalue weighted by Gasteiger charge is -2.16. The third kappa shape index (κ3) is 4.13. The van der Waals surface area contributed by atoms with E-state index in [1.807, 2.05) is 43.1 Å². The Morgan fingerprint density at radius 3 is 2.48 bits per heavy atom. The molecular weight excluding hydrogens is 268 g/mol. The van der Waals surface area contributed by atoms with Crippen molar-refractivity contribution in [3.05, 3.63) is 35.7 Å². The molecule has 112 valence electrons. The minimum absolute atomic E-state index is 0.0378. The van der Waals surface area contributed by atoms with Crippen molar-refractivity contribution in [3.63, 3.8) is 0 Å². The molecule has 1 amide bonds. The predicted molar refractivity (Wildman–Crippen MR) is 79.5 cm³/mol. The number of hydrogen-bond acceptors (Lipinski definition) is 5. The molecule has 0 fully saturated rings. The second-order valence-electron chi connectivity index (χ2n) is 5.34. The number of aryl methyl sites for hydroxylation is 1. The molecule has 0 N–H and O–H groups in total. The van der Waals surface area contributed by atoms with Crippen molar-refractivity contribution in [2.75, 3.05) is 27.7 Å². The first-order valence-corrected chi connectivity index (χ1v) is 6.74. The second kappa shape index (κ2) is 6.49. The molecule has 1 aromatic heterocycles. The van der Waals surface area contributed by atoms with E-state index in [0.29, 0.717) is 24.8 Å². The van der Waals surface area contributed by atoms with E-state index >= 15 is 0 Å². The average Bonchev–Trinajstić information content (AvgIpc) is 2.87. The smallest absolute Gasteiger partial charge is 0.241 e. The topological polar surface area (TPSA) is 62.5 Å². The molecule has 2 rings (SSSR count). The number of nitrogens with zero attached hydrogens (tertiary/aromatic N) is 4. The molecule has 0 bridgehead atoms. The molecule has 6 heteroatoms. The van der Waals surface area contributed by atoms with Crippen LogP contribution in [0.2, 0.25) is 0 Å². The molecule has 0 saturated carbocycles. The van der Waals surface area contributed by atoms with Gasteiger partial charge in [0.2, 0.25) is 17.6 Å².